The highest BCUT2D eigenvalue weighted by molar-refractivity contribution is 9.10. The molecule has 3 N–H and O–H groups in total. The largest absolute Gasteiger partial charge is 0.365 e. The van der Waals surface area contributed by atoms with Crippen molar-refractivity contribution in [3.63, 3.8) is 0 Å². The first-order valence-corrected chi connectivity index (χ1v) is 7.60. The molecule has 1 saturated carbocycles. The number of nitro groups is 1. The van der Waals surface area contributed by atoms with Gasteiger partial charge in [-0.15, -0.1) is 0 Å². The number of anilines is 1. The monoisotopic (exact) mass is 342 g/mol. The topological polar surface area (TPSA) is 94.1 Å². The number of pyridine rings is 1. The van der Waals surface area contributed by atoms with Crippen LogP contribution >= 0.6 is 15.9 Å². The van der Waals surface area contributed by atoms with Crippen molar-refractivity contribution in [2.75, 3.05) is 11.9 Å². The van der Waals surface area contributed by atoms with Crippen LogP contribution in [-0.4, -0.2) is 22.5 Å². The highest BCUT2D eigenvalue weighted by atomic mass is 79.9. The molecule has 0 aliphatic heterocycles. The lowest BCUT2D eigenvalue weighted by atomic mass is 9.98. The van der Waals surface area contributed by atoms with E-state index >= 15 is 0 Å². The SMILES string of the molecule is Cc1c([N+](=O)[O-])cnc(NC(CN)C2CCCC2)c1Br. The summed E-state index contributed by atoms with van der Waals surface area (Å²) in [5.74, 6) is 1.19. The van der Waals surface area contributed by atoms with Crippen LogP contribution in [0.25, 0.3) is 0 Å². The average molecular weight is 343 g/mol. The van der Waals surface area contributed by atoms with Crippen molar-refractivity contribution in [3.8, 4) is 0 Å². The Labute approximate surface area is 126 Å². The number of nitrogens with zero attached hydrogens (tertiary/aromatic N) is 2. The van der Waals surface area contributed by atoms with Gasteiger partial charge >= 0.3 is 0 Å². The number of aromatic nitrogens is 1. The number of nitrogens with one attached hydrogen (secondary N) is 1. The van der Waals surface area contributed by atoms with E-state index in [1.165, 1.54) is 31.9 Å². The standard InChI is InChI=1S/C13H19BrN4O2/c1-8-11(18(19)20)7-16-13(12(8)14)17-10(6-15)9-4-2-3-5-9/h7,9-10H,2-6,15H2,1H3,(H,16,17). The molecule has 1 aromatic rings. The molecule has 7 heteroatoms. The Morgan fingerprint density at radius 3 is 2.80 bits per heavy atom. The molecule has 0 radical (unpaired) electrons. The van der Waals surface area contributed by atoms with Gasteiger partial charge in [-0.2, -0.15) is 0 Å². The van der Waals surface area contributed by atoms with Gasteiger partial charge in [0, 0.05) is 18.2 Å². The molecule has 1 unspecified atom stereocenters. The van der Waals surface area contributed by atoms with Crippen LogP contribution in [0, 0.1) is 23.0 Å². The molecule has 1 aromatic heterocycles. The third-order valence-electron chi connectivity index (χ3n) is 3.98. The van der Waals surface area contributed by atoms with E-state index in [4.69, 9.17) is 5.73 Å². The van der Waals surface area contributed by atoms with Gasteiger partial charge < -0.3 is 11.1 Å². The number of nitrogens with two attached hydrogens (primary N) is 1. The van der Waals surface area contributed by atoms with Gasteiger partial charge in [0.05, 0.1) is 9.40 Å². The molecule has 6 nitrogen and oxygen atoms in total. The molecule has 0 amide bonds. The molecule has 0 spiro atoms. The van der Waals surface area contributed by atoms with E-state index < -0.39 is 4.92 Å². The van der Waals surface area contributed by atoms with E-state index in [9.17, 15) is 10.1 Å². The molecule has 1 heterocycles. The summed E-state index contributed by atoms with van der Waals surface area (Å²) in [5, 5.41) is 14.2. The maximum Gasteiger partial charge on any atom is 0.291 e. The molecule has 0 bridgehead atoms. The summed E-state index contributed by atoms with van der Waals surface area (Å²) in [7, 11) is 0. The second kappa shape index (κ2) is 6.49. The summed E-state index contributed by atoms with van der Waals surface area (Å²) < 4.78 is 0.642. The Morgan fingerprint density at radius 1 is 1.60 bits per heavy atom. The number of hydrogen-bond acceptors (Lipinski definition) is 5. The first kappa shape index (κ1) is 15.2. The summed E-state index contributed by atoms with van der Waals surface area (Å²) in [4.78, 5) is 14.6. The van der Waals surface area contributed by atoms with Crippen molar-refractivity contribution in [1.82, 2.24) is 4.98 Å². The molecule has 0 saturated heterocycles. The molecule has 2 rings (SSSR count). The second-order valence-corrected chi connectivity index (χ2v) is 6.01. The summed E-state index contributed by atoms with van der Waals surface area (Å²) in [6, 6.07) is 0.169. The van der Waals surface area contributed by atoms with Crippen LogP contribution in [-0.2, 0) is 0 Å². The van der Waals surface area contributed by atoms with Gasteiger partial charge in [0.15, 0.2) is 0 Å². The first-order chi connectivity index (χ1) is 9.54. The van der Waals surface area contributed by atoms with Gasteiger partial charge in [-0.05, 0) is 41.6 Å². The van der Waals surface area contributed by atoms with E-state index in [1.807, 2.05) is 0 Å². The average Bonchev–Trinajstić information content (AvgIpc) is 2.94. The number of hydrogen-bond donors (Lipinski definition) is 2. The second-order valence-electron chi connectivity index (χ2n) is 5.22. The lowest BCUT2D eigenvalue weighted by Crippen LogP contribution is -2.35. The minimum atomic E-state index is -0.422. The smallest absolute Gasteiger partial charge is 0.291 e. The normalized spacial score (nSPS) is 17.1. The summed E-state index contributed by atoms with van der Waals surface area (Å²) in [6.07, 6.45) is 6.15. The van der Waals surface area contributed by atoms with E-state index in [-0.39, 0.29) is 11.7 Å². The molecule has 0 aromatic carbocycles. The van der Waals surface area contributed by atoms with Crippen molar-refractivity contribution in [2.24, 2.45) is 11.7 Å². The minimum Gasteiger partial charge on any atom is -0.365 e. The minimum absolute atomic E-state index is 0.0209. The van der Waals surface area contributed by atoms with Crippen LogP contribution in [0.4, 0.5) is 11.5 Å². The summed E-state index contributed by atoms with van der Waals surface area (Å²) in [5.41, 5.74) is 6.45. The quantitative estimate of drug-likeness (QED) is 0.633. The zero-order valence-electron chi connectivity index (χ0n) is 11.4. The summed E-state index contributed by atoms with van der Waals surface area (Å²) in [6.45, 7) is 2.25. The van der Waals surface area contributed by atoms with Gasteiger partial charge in [-0.1, -0.05) is 12.8 Å². The van der Waals surface area contributed by atoms with E-state index in [0.29, 0.717) is 28.3 Å². The maximum atomic E-state index is 10.9. The molecule has 20 heavy (non-hydrogen) atoms. The molecule has 1 atom stereocenters. The fraction of sp³-hybridized carbons (Fsp3) is 0.615. The third-order valence-corrected chi connectivity index (χ3v) is 4.95. The lowest BCUT2D eigenvalue weighted by molar-refractivity contribution is -0.385. The van der Waals surface area contributed by atoms with Crippen molar-refractivity contribution in [2.45, 2.75) is 38.6 Å². The van der Waals surface area contributed by atoms with Gasteiger partial charge in [0.25, 0.3) is 5.69 Å². The van der Waals surface area contributed by atoms with Gasteiger partial charge in [0.1, 0.15) is 12.0 Å². The van der Waals surface area contributed by atoms with Crippen LogP contribution in [0.1, 0.15) is 31.2 Å². The molecular weight excluding hydrogens is 324 g/mol. The Hall–Kier alpha value is -1.21. The summed E-state index contributed by atoms with van der Waals surface area (Å²) >= 11 is 3.40. The zero-order valence-corrected chi connectivity index (χ0v) is 13.0. The van der Waals surface area contributed by atoms with Crippen LogP contribution in [0.15, 0.2) is 10.7 Å². The van der Waals surface area contributed by atoms with Crippen LogP contribution < -0.4 is 11.1 Å². The molecule has 1 aliphatic carbocycles. The predicted octanol–water partition coefficient (Wildman–Crippen LogP) is 2.99. The highest BCUT2D eigenvalue weighted by Gasteiger charge is 2.26. The highest BCUT2D eigenvalue weighted by Crippen LogP contribution is 2.33. The van der Waals surface area contributed by atoms with Crippen LogP contribution in [0.3, 0.4) is 0 Å². The van der Waals surface area contributed by atoms with Crippen molar-refractivity contribution in [3.05, 3.63) is 26.3 Å². The van der Waals surface area contributed by atoms with Gasteiger partial charge in [0.2, 0.25) is 0 Å². The lowest BCUT2D eigenvalue weighted by Gasteiger charge is -2.24. The molecule has 1 fully saturated rings. The Balaban J connectivity index is 2.20. The van der Waals surface area contributed by atoms with E-state index in [0.717, 1.165) is 0 Å². The number of halogens is 1. The Kier molecular flexibility index (Phi) is 4.93. The van der Waals surface area contributed by atoms with Gasteiger partial charge in [-0.3, -0.25) is 10.1 Å². The van der Waals surface area contributed by atoms with E-state index in [2.05, 4.69) is 26.2 Å². The first-order valence-electron chi connectivity index (χ1n) is 6.80. The van der Waals surface area contributed by atoms with Gasteiger partial charge in [-0.25, -0.2) is 4.98 Å². The maximum absolute atomic E-state index is 10.9. The number of rotatable bonds is 5. The van der Waals surface area contributed by atoms with Crippen LogP contribution in [0.5, 0.6) is 0 Å². The molecular formula is C13H19BrN4O2. The fourth-order valence-corrected chi connectivity index (χ4v) is 3.18. The molecule has 110 valence electrons. The Morgan fingerprint density at radius 2 is 2.25 bits per heavy atom. The van der Waals surface area contributed by atoms with E-state index in [1.54, 1.807) is 6.92 Å². The third kappa shape index (κ3) is 3.09. The molecule has 1 aliphatic rings. The fourth-order valence-electron chi connectivity index (χ4n) is 2.76. The zero-order chi connectivity index (χ0) is 14.7. The van der Waals surface area contributed by atoms with Crippen molar-refractivity contribution in [1.29, 1.82) is 0 Å². The Bertz CT molecular complexity index is 503. The predicted molar refractivity (Wildman–Crippen MR) is 81.8 cm³/mol. The van der Waals surface area contributed by atoms with Crippen molar-refractivity contribution < 1.29 is 4.92 Å². The van der Waals surface area contributed by atoms with Crippen LogP contribution in [0.2, 0.25) is 0 Å². The van der Waals surface area contributed by atoms with Crippen molar-refractivity contribution >= 4 is 27.4 Å².